The monoisotopic (exact) mass is 278 g/mol. The van der Waals surface area contributed by atoms with E-state index in [9.17, 15) is 14.3 Å². The molecule has 0 aromatic carbocycles. The topological polar surface area (TPSA) is 88.7 Å². The van der Waals surface area contributed by atoms with Crippen molar-refractivity contribution in [2.24, 2.45) is 4.47 Å². The number of halogens is 1. The fraction of sp³-hybridized carbons (Fsp3) is 0.375. The van der Waals surface area contributed by atoms with Gasteiger partial charge in [-0.2, -0.15) is 0 Å². The summed E-state index contributed by atoms with van der Waals surface area (Å²) in [6, 6.07) is 3.29. The lowest BCUT2D eigenvalue weighted by molar-refractivity contribution is -0.482. The van der Waals surface area contributed by atoms with Crippen molar-refractivity contribution in [2.75, 3.05) is 13.3 Å². The molecule has 17 heavy (non-hydrogen) atoms. The molecule has 0 saturated carbocycles. The number of aromatic nitrogens is 1. The molecule has 0 spiro atoms. The van der Waals surface area contributed by atoms with Gasteiger partial charge in [0, 0.05) is 26.0 Å². The van der Waals surface area contributed by atoms with E-state index in [4.69, 9.17) is 11.6 Å². The van der Waals surface area contributed by atoms with E-state index in [1.165, 1.54) is 23.8 Å². The van der Waals surface area contributed by atoms with Crippen molar-refractivity contribution >= 4 is 21.5 Å². The summed E-state index contributed by atoms with van der Waals surface area (Å²) in [4.78, 5) is 14.1. The Kier molecular flexibility index (Phi) is 4.38. The summed E-state index contributed by atoms with van der Waals surface area (Å²) in [6.07, 6.45) is 2.72. The standard InChI is InChI=1S/C8H11ClN4O3S/c1-12(17(2,16)11-13(14)15)6-7-3-4-8(9)10-5-7/h3-5H,6H2,1-2H3. The van der Waals surface area contributed by atoms with Crippen molar-refractivity contribution in [1.29, 1.82) is 0 Å². The van der Waals surface area contributed by atoms with Gasteiger partial charge in [-0.25, -0.2) is 23.6 Å². The van der Waals surface area contributed by atoms with Crippen molar-refractivity contribution in [1.82, 2.24) is 9.29 Å². The Hall–Kier alpha value is -1.25. The van der Waals surface area contributed by atoms with Gasteiger partial charge in [-0.05, 0) is 11.6 Å². The van der Waals surface area contributed by atoms with Crippen LogP contribution in [0.15, 0.2) is 22.8 Å². The third-order valence-corrected chi connectivity index (χ3v) is 3.94. The van der Waals surface area contributed by atoms with Crippen molar-refractivity contribution in [2.45, 2.75) is 6.54 Å². The first-order chi connectivity index (χ1) is 7.81. The Morgan fingerprint density at radius 2 is 2.29 bits per heavy atom. The number of hydrogen-bond donors (Lipinski definition) is 0. The number of pyridine rings is 1. The van der Waals surface area contributed by atoms with E-state index in [0.29, 0.717) is 5.15 Å². The minimum atomic E-state index is -3.02. The summed E-state index contributed by atoms with van der Waals surface area (Å²) < 4.78 is 16.1. The van der Waals surface area contributed by atoms with Crippen LogP contribution >= 0.6 is 11.6 Å². The molecule has 0 radical (unpaired) electrons. The highest BCUT2D eigenvalue weighted by atomic mass is 35.5. The molecule has 94 valence electrons. The smallest absolute Gasteiger partial charge is 0.201 e. The van der Waals surface area contributed by atoms with Crippen LogP contribution in [0.25, 0.3) is 0 Å². The number of hydrogen-bond acceptors (Lipinski definition) is 4. The predicted octanol–water partition coefficient (Wildman–Crippen LogP) is 1.37. The van der Waals surface area contributed by atoms with E-state index in [1.807, 2.05) is 0 Å². The van der Waals surface area contributed by atoms with Gasteiger partial charge in [0.2, 0.25) is 5.03 Å². The van der Waals surface area contributed by atoms with Gasteiger partial charge in [-0.3, -0.25) is 0 Å². The second-order valence-electron chi connectivity index (χ2n) is 3.36. The summed E-state index contributed by atoms with van der Waals surface area (Å²) in [7, 11) is -1.53. The molecule has 7 nitrogen and oxygen atoms in total. The highest BCUT2D eigenvalue weighted by Crippen LogP contribution is 2.10. The lowest BCUT2D eigenvalue weighted by atomic mass is 10.3. The maximum atomic E-state index is 11.8. The van der Waals surface area contributed by atoms with E-state index in [1.54, 1.807) is 12.1 Å². The van der Waals surface area contributed by atoms with Crippen molar-refractivity contribution in [3.8, 4) is 0 Å². The molecule has 1 rings (SSSR count). The SMILES string of the molecule is CN(Cc1ccc(Cl)nc1)S(C)(=O)=N[N+](=O)[O-]. The van der Waals surface area contributed by atoms with Gasteiger partial charge >= 0.3 is 0 Å². The van der Waals surface area contributed by atoms with Gasteiger partial charge in [0.1, 0.15) is 9.62 Å². The highest BCUT2D eigenvalue weighted by molar-refractivity contribution is 7.90. The Morgan fingerprint density at radius 1 is 1.65 bits per heavy atom. The molecule has 1 unspecified atom stereocenters. The van der Waals surface area contributed by atoms with Crippen LogP contribution in [0.3, 0.4) is 0 Å². The maximum absolute atomic E-state index is 11.8. The second kappa shape index (κ2) is 5.39. The van der Waals surface area contributed by atoms with Crippen LogP contribution in [0.5, 0.6) is 0 Å². The van der Waals surface area contributed by atoms with Gasteiger partial charge in [-0.1, -0.05) is 17.7 Å². The van der Waals surface area contributed by atoms with Crippen LogP contribution in [0, 0.1) is 10.1 Å². The summed E-state index contributed by atoms with van der Waals surface area (Å²) >= 11 is 5.62. The molecule has 0 saturated heterocycles. The van der Waals surface area contributed by atoms with Crippen LogP contribution in [0.2, 0.25) is 5.15 Å². The van der Waals surface area contributed by atoms with Crippen molar-refractivity contribution in [3.05, 3.63) is 39.2 Å². The Bertz CT molecular complexity index is 524. The number of rotatable bonds is 4. The van der Waals surface area contributed by atoms with Crippen LogP contribution in [-0.4, -0.2) is 31.8 Å². The molecule has 0 amide bonds. The average Bonchev–Trinajstić information content (AvgIpc) is 2.19. The summed E-state index contributed by atoms with van der Waals surface area (Å²) in [5.74, 6) is 0. The number of nitro groups is 1. The minimum Gasteiger partial charge on any atom is -0.244 e. The predicted molar refractivity (Wildman–Crippen MR) is 64.2 cm³/mol. The molecule has 0 aliphatic heterocycles. The zero-order valence-corrected chi connectivity index (χ0v) is 10.8. The first kappa shape index (κ1) is 13.8. The summed E-state index contributed by atoms with van der Waals surface area (Å²) in [5.41, 5.74) is 0.741. The first-order valence-corrected chi connectivity index (χ1v) is 6.75. The Balaban J connectivity index is 2.86. The largest absolute Gasteiger partial charge is 0.244 e. The molecule has 0 N–H and O–H groups in total. The van der Waals surface area contributed by atoms with E-state index in [0.717, 1.165) is 5.56 Å². The third kappa shape index (κ3) is 4.25. The van der Waals surface area contributed by atoms with Crippen LogP contribution in [-0.2, 0) is 16.5 Å². The van der Waals surface area contributed by atoms with E-state index < -0.39 is 14.9 Å². The Morgan fingerprint density at radius 3 is 2.76 bits per heavy atom. The summed E-state index contributed by atoms with van der Waals surface area (Å²) in [6.45, 7) is 0.233. The lowest BCUT2D eigenvalue weighted by Gasteiger charge is -2.15. The number of nitrogens with zero attached hydrogens (tertiary/aromatic N) is 4. The molecule has 0 fully saturated rings. The molecule has 0 aliphatic rings. The average molecular weight is 279 g/mol. The lowest BCUT2D eigenvalue weighted by Crippen LogP contribution is -2.25. The molecular weight excluding hydrogens is 268 g/mol. The molecule has 1 aromatic heterocycles. The molecule has 1 aromatic rings. The van der Waals surface area contributed by atoms with Gasteiger partial charge in [0.15, 0.2) is 9.92 Å². The Labute approximate surface area is 104 Å². The normalized spacial score (nSPS) is 14.4. The van der Waals surface area contributed by atoms with Crippen LogP contribution in [0.4, 0.5) is 0 Å². The van der Waals surface area contributed by atoms with Crippen LogP contribution in [0.1, 0.15) is 5.56 Å². The van der Waals surface area contributed by atoms with E-state index in [-0.39, 0.29) is 6.54 Å². The first-order valence-electron chi connectivity index (χ1n) is 4.49. The maximum Gasteiger partial charge on any atom is 0.201 e. The molecule has 9 heteroatoms. The fourth-order valence-corrected chi connectivity index (χ4v) is 1.94. The molecule has 1 heterocycles. The quantitative estimate of drug-likeness (QED) is 0.473. The van der Waals surface area contributed by atoms with Crippen molar-refractivity contribution < 1.29 is 9.24 Å². The van der Waals surface area contributed by atoms with Gasteiger partial charge < -0.3 is 0 Å². The molecule has 1 atom stereocenters. The highest BCUT2D eigenvalue weighted by Gasteiger charge is 2.15. The van der Waals surface area contributed by atoms with Gasteiger partial charge in [0.05, 0.1) is 0 Å². The van der Waals surface area contributed by atoms with Crippen molar-refractivity contribution in [3.63, 3.8) is 0 Å². The molecule has 0 bridgehead atoms. The molecular formula is C8H11ClN4O3S. The fourth-order valence-electron chi connectivity index (χ4n) is 1.06. The van der Waals surface area contributed by atoms with Gasteiger partial charge in [0.25, 0.3) is 0 Å². The summed E-state index contributed by atoms with van der Waals surface area (Å²) in [5, 5.41) is 9.62. The van der Waals surface area contributed by atoms with E-state index >= 15 is 0 Å². The van der Waals surface area contributed by atoms with Crippen LogP contribution < -0.4 is 0 Å². The third-order valence-electron chi connectivity index (χ3n) is 1.99. The zero-order valence-electron chi connectivity index (χ0n) is 9.24. The zero-order chi connectivity index (χ0) is 13.1. The molecule has 0 aliphatic carbocycles. The van der Waals surface area contributed by atoms with E-state index in [2.05, 4.69) is 9.46 Å². The second-order valence-corrected chi connectivity index (χ2v) is 6.06. The van der Waals surface area contributed by atoms with Gasteiger partial charge in [-0.15, -0.1) is 0 Å². The minimum absolute atomic E-state index is 0.233.